The number of halogens is 1. The quantitative estimate of drug-likeness (QED) is 0.684. The summed E-state index contributed by atoms with van der Waals surface area (Å²) in [5.74, 6) is 0.107. The van der Waals surface area contributed by atoms with E-state index in [2.05, 4.69) is 4.98 Å². The van der Waals surface area contributed by atoms with Gasteiger partial charge in [-0.05, 0) is 35.9 Å². The third kappa shape index (κ3) is 3.65. The van der Waals surface area contributed by atoms with Crippen LogP contribution >= 0.6 is 11.6 Å². The van der Waals surface area contributed by atoms with Crippen molar-refractivity contribution in [1.29, 1.82) is 0 Å². The van der Waals surface area contributed by atoms with Crippen LogP contribution in [-0.2, 0) is 4.79 Å². The minimum absolute atomic E-state index is 0.250. The second-order valence-electron chi connectivity index (χ2n) is 5.47. The Morgan fingerprint density at radius 1 is 1.27 bits per heavy atom. The third-order valence-corrected chi connectivity index (χ3v) is 3.99. The molecule has 3 aromatic rings. The topological polar surface area (TPSA) is 81.8 Å². The predicted octanol–water partition coefficient (Wildman–Crippen LogP) is 4.51. The molecular weight excluding hydrogens is 358 g/mol. The highest BCUT2D eigenvalue weighted by Crippen LogP contribution is 2.37. The molecule has 0 aliphatic heterocycles. The van der Waals surface area contributed by atoms with Crippen LogP contribution in [0, 0.1) is 0 Å². The summed E-state index contributed by atoms with van der Waals surface area (Å²) in [6.07, 6.45) is 1.41. The minimum atomic E-state index is -0.995. The average molecular weight is 374 g/mol. The molecule has 0 aliphatic rings. The van der Waals surface area contributed by atoms with Gasteiger partial charge in [-0.2, -0.15) is 0 Å². The highest BCUT2D eigenvalue weighted by molar-refractivity contribution is 6.32. The standard InChI is InChI=1S/C19H16ClNO5/c1-24-16-9-11(8-13(20)18(16)25-2)7-12(10-17(22)23)19-21-14-5-3-4-6-15(14)26-19/h3-9H,10H2,1-2H3,(H,22,23)/b12-7+. The van der Waals surface area contributed by atoms with E-state index in [0.717, 1.165) is 0 Å². The summed E-state index contributed by atoms with van der Waals surface area (Å²) >= 11 is 6.22. The second kappa shape index (κ2) is 7.49. The van der Waals surface area contributed by atoms with E-state index in [0.29, 0.717) is 38.8 Å². The molecular formula is C19H16ClNO5. The molecule has 1 N–H and O–H groups in total. The van der Waals surface area contributed by atoms with Crippen molar-refractivity contribution in [3.8, 4) is 11.5 Å². The highest BCUT2D eigenvalue weighted by atomic mass is 35.5. The van der Waals surface area contributed by atoms with Crippen molar-refractivity contribution in [2.75, 3.05) is 14.2 Å². The first-order valence-electron chi connectivity index (χ1n) is 7.71. The van der Waals surface area contributed by atoms with Crippen molar-refractivity contribution in [3.63, 3.8) is 0 Å². The van der Waals surface area contributed by atoms with Gasteiger partial charge in [-0.25, -0.2) is 4.98 Å². The summed E-state index contributed by atoms with van der Waals surface area (Å²) in [7, 11) is 2.99. The van der Waals surface area contributed by atoms with Gasteiger partial charge in [0.1, 0.15) is 5.52 Å². The number of ether oxygens (including phenoxy) is 2. The van der Waals surface area contributed by atoms with Crippen LogP contribution in [0.4, 0.5) is 0 Å². The van der Waals surface area contributed by atoms with E-state index in [4.69, 9.17) is 25.5 Å². The molecule has 7 heteroatoms. The summed E-state index contributed by atoms with van der Waals surface area (Å²) in [6, 6.07) is 10.6. The van der Waals surface area contributed by atoms with E-state index in [1.54, 1.807) is 30.3 Å². The number of nitrogens with zero attached hydrogens (tertiary/aromatic N) is 1. The lowest BCUT2D eigenvalue weighted by molar-refractivity contribution is -0.135. The number of carbonyl (C=O) groups is 1. The molecule has 0 saturated heterocycles. The lowest BCUT2D eigenvalue weighted by atomic mass is 10.1. The third-order valence-electron chi connectivity index (χ3n) is 3.71. The van der Waals surface area contributed by atoms with E-state index in [1.165, 1.54) is 14.2 Å². The van der Waals surface area contributed by atoms with Gasteiger partial charge >= 0.3 is 5.97 Å². The maximum atomic E-state index is 11.3. The summed E-state index contributed by atoms with van der Waals surface area (Å²) in [5.41, 5.74) is 2.30. The van der Waals surface area contributed by atoms with Gasteiger partial charge < -0.3 is 19.0 Å². The first-order valence-corrected chi connectivity index (χ1v) is 8.09. The van der Waals surface area contributed by atoms with Crippen LogP contribution in [0.3, 0.4) is 0 Å². The molecule has 0 radical (unpaired) electrons. The molecule has 3 rings (SSSR count). The summed E-state index contributed by atoms with van der Waals surface area (Å²) < 4.78 is 16.2. The molecule has 0 aliphatic carbocycles. The Morgan fingerprint density at radius 3 is 2.69 bits per heavy atom. The zero-order chi connectivity index (χ0) is 18.7. The number of aromatic nitrogens is 1. The maximum absolute atomic E-state index is 11.3. The first-order chi connectivity index (χ1) is 12.5. The van der Waals surface area contributed by atoms with Gasteiger partial charge in [-0.1, -0.05) is 23.7 Å². The van der Waals surface area contributed by atoms with Gasteiger partial charge in [0.25, 0.3) is 0 Å². The Labute approximate surface area is 154 Å². The van der Waals surface area contributed by atoms with Crippen molar-refractivity contribution in [1.82, 2.24) is 4.98 Å². The maximum Gasteiger partial charge on any atom is 0.308 e. The zero-order valence-electron chi connectivity index (χ0n) is 14.2. The SMILES string of the molecule is COc1cc(/C=C(\CC(=O)O)c2nc3ccccc3o2)cc(Cl)c1OC. The van der Waals surface area contributed by atoms with Crippen LogP contribution < -0.4 is 9.47 Å². The number of fused-ring (bicyclic) bond motifs is 1. The van der Waals surface area contributed by atoms with Crippen LogP contribution in [0.1, 0.15) is 17.9 Å². The normalized spacial score (nSPS) is 11.6. The number of hydrogen-bond donors (Lipinski definition) is 1. The first kappa shape index (κ1) is 17.8. The van der Waals surface area contributed by atoms with Crippen molar-refractivity contribution < 1.29 is 23.8 Å². The van der Waals surface area contributed by atoms with Gasteiger partial charge in [0, 0.05) is 5.57 Å². The average Bonchev–Trinajstić information content (AvgIpc) is 3.04. The molecule has 26 heavy (non-hydrogen) atoms. The van der Waals surface area contributed by atoms with Crippen LogP contribution in [0.2, 0.25) is 5.02 Å². The monoisotopic (exact) mass is 373 g/mol. The van der Waals surface area contributed by atoms with Gasteiger partial charge in [-0.3, -0.25) is 4.79 Å². The van der Waals surface area contributed by atoms with Gasteiger partial charge in [0.15, 0.2) is 17.1 Å². The number of oxazole rings is 1. The van der Waals surface area contributed by atoms with Crippen LogP contribution in [0.25, 0.3) is 22.7 Å². The largest absolute Gasteiger partial charge is 0.493 e. The van der Waals surface area contributed by atoms with Crippen LogP contribution in [-0.4, -0.2) is 30.3 Å². The molecule has 134 valence electrons. The van der Waals surface area contributed by atoms with Crippen molar-refractivity contribution in [3.05, 3.63) is 52.9 Å². The molecule has 0 amide bonds. The van der Waals surface area contributed by atoms with Crippen molar-refractivity contribution in [2.24, 2.45) is 0 Å². The van der Waals surface area contributed by atoms with Crippen molar-refractivity contribution >= 4 is 40.3 Å². The Balaban J connectivity index is 2.10. The fourth-order valence-electron chi connectivity index (χ4n) is 2.58. The number of benzene rings is 2. The fraction of sp³-hybridized carbons (Fsp3) is 0.158. The zero-order valence-corrected chi connectivity index (χ0v) is 14.9. The molecule has 2 aromatic carbocycles. The summed E-state index contributed by atoms with van der Waals surface area (Å²) in [5, 5.41) is 9.61. The van der Waals surface area contributed by atoms with E-state index >= 15 is 0 Å². The van der Waals surface area contributed by atoms with Crippen LogP contribution in [0.5, 0.6) is 11.5 Å². The Morgan fingerprint density at radius 2 is 2.04 bits per heavy atom. The number of methoxy groups -OCH3 is 2. The molecule has 1 aromatic heterocycles. The number of carboxylic acid groups (broad SMARTS) is 1. The van der Waals surface area contributed by atoms with Gasteiger partial charge in [0.2, 0.25) is 5.89 Å². The Hall–Kier alpha value is -2.99. The molecule has 6 nitrogen and oxygen atoms in total. The molecule has 0 bridgehead atoms. The molecule has 0 atom stereocenters. The number of carboxylic acids is 1. The highest BCUT2D eigenvalue weighted by Gasteiger charge is 2.16. The number of para-hydroxylation sites is 2. The lowest BCUT2D eigenvalue weighted by Gasteiger charge is -2.10. The van der Waals surface area contributed by atoms with E-state index in [-0.39, 0.29) is 12.3 Å². The Kier molecular flexibility index (Phi) is 5.14. The summed E-state index contributed by atoms with van der Waals surface area (Å²) in [4.78, 5) is 15.7. The number of aliphatic carboxylic acids is 1. The van der Waals surface area contributed by atoms with Crippen LogP contribution in [0.15, 0.2) is 40.8 Å². The smallest absolute Gasteiger partial charge is 0.308 e. The van der Waals surface area contributed by atoms with Gasteiger partial charge in [-0.15, -0.1) is 0 Å². The molecule has 0 unspecified atom stereocenters. The van der Waals surface area contributed by atoms with E-state index < -0.39 is 5.97 Å². The number of hydrogen-bond acceptors (Lipinski definition) is 5. The predicted molar refractivity (Wildman–Crippen MR) is 98.7 cm³/mol. The molecule has 1 heterocycles. The van der Waals surface area contributed by atoms with E-state index in [9.17, 15) is 9.90 Å². The molecule has 0 spiro atoms. The Bertz CT molecular complexity index is 960. The molecule has 0 saturated carbocycles. The molecule has 0 fully saturated rings. The summed E-state index contributed by atoms with van der Waals surface area (Å²) in [6.45, 7) is 0. The number of rotatable bonds is 6. The van der Waals surface area contributed by atoms with Gasteiger partial charge in [0.05, 0.1) is 25.7 Å². The van der Waals surface area contributed by atoms with E-state index in [1.807, 2.05) is 12.1 Å². The van der Waals surface area contributed by atoms with Crippen molar-refractivity contribution in [2.45, 2.75) is 6.42 Å². The lowest BCUT2D eigenvalue weighted by Crippen LogP contribution is -1.98. The fourth-order valence-corrected chi connectivity index (χ4v) is 2.88. The minimum Gasteiger partial charge on any atom is -0.493 e. The second-order valence-corrected chi connectivity index (χ2v) is 5.87.